The molecule has 0 saturated carbocycles. The van der Waals surface area contributed by atoms with Crippen molar-refractivity contribution < 1.29 is 4.74 Å². The maximum absolute atomic E-state index is 5.77. The summed E-state index contributed by atoms with van der Waals surface area (Å²) >= 11 is 5.77. The average Bonchev–Trinajstić information content (AvgIpc) is 1.85. The first-order valence-electron chi connectivity index (χ1n) is 3.15. The first-order valence-corrected chi connectivity index (χ1v) is 3.58. The second-order valence-corrected chi connectivity index (χ2v) is 2.48. The summed E-state index contributed by atoms with van der Waals surface area (Å²) < 4.78 is 4.83. The Balaban J connectivity index is 2.95. The van der Waals surface area contributed by atoms with Gasteiger partial charge >= 0.3 is 0 Å². The summed E-state index contributed by atoms with van der Waals surface area (Å²) in [6, 6.07) is 0. The van der Waals surface area contributed by atoms with Crippen LogP contribution in [0.4, 0.5) is 0 Å². The van der Waals surface area contributed by atoms with Crippen LogP contribution in [0.15, 0.2) is 0 Å². The van der Waals surface area contributed by atoms with Crippen LogP contribution in [-0.2, 0) is 4.74 Å². The lowest BCUT2D eigenvalue weighted by Crippen LogP contribution is -2.25. The Bertz CT molecular complexity index is 61.0. The van der Waals surface area contributed by atoms with Crippen LogP contribution in [0.3, 0.4) is 0 Å². The molecule has 9 heavy (non-hydrogen) atoms. The molecule has 0 heterocycles. The van der Waals surface area contributed by atoms with E-state index < -0.39 is 0 Å². The molecule has 0 bridgehead atoms. The molecule has 0 aliphatic rings. The molecule has 0 aromatic rings. The maximum atomic E-state index is 5.77. The second-order valence-electron chi connectivity index (χ2n) is 1.86. The molecule has 0 aliphatic heterocycles. The number of alkyl halides is 1. The molecule has 1 N–H and O–H groups in total. The van der Waals surface area contributed by atoms with Gasteiger partial charge in [0.2, 0.25) is 0 Å². The molecule has 0 amide bonds. The van der Waals surface area contributed by atoms with Crippen molar-refractivity contribution in [1.29, 1.82) is 0 Å². The molecule has 0 aromatic heterocycles. The Hall–Kier alpha value is 0.210. The molecule has 0 radical (unpaired) electrons. The first kappa shape index (κ1) is 9.21. The van der Waals surface area contributed by atoms with E-state index in [0.717, 1.165) is 13.1 Å². The number of halogens is 1. The second kappa shape index (κ2) is 6.33. The van der Waals surface area contributed by atoms with E-state index in [1.165, 1.54) is 0 Å². The van der Waals surface area contributed by atoms with Gasteiger partial charge in [0, 0.05) is 13.7 Å². The Morgan fingerprint density at radius 1 is 1.67 bits per heavy atom. The summed E-state index contributed by atoms with van der Waals surface area (Å²) in [6.07, 6.45) is 0. The van der Waals surface area contributed by atoms with Crippen molar-refractivity contribution in [3.05, 3.63) is 0 Å². The lowest BCUT2D eigenvalue weighted by molar-refractivity contribution is 0.197. The van der Waals surface area contributed by atoms with E-state index in [0.29, 0.717) is 6.61 Å². The standard InChI is InChI=1S/C6H14ClNO/c1-3-8-4-6(7)5-9-2/h6,8H,3-5H2,1-2H3. The summed E-state index contributed by atoms with van der Waals surface area (Å²) in [7, 11) is 1.65. The van der Waals surface area contributed by atoms with Gasteiger partial charge in [0.05, 0.1) is 12.0 Å². The van der Waals surface area contributed by atoms with E-state index in [1.807, 2.05) is 0 Å². The normalized spacial score (nSPS) is 13.7. The highest BCUT2D eigenvalue weighted by molar-refractivity contribution is 6.20. The highest BCUT2D eigenvalue weighted by Crippen LogP contribution is 1.92. The zero-order chi connectivity index (χ0) is 7.11. The maximum Gasteiger partial charge on any atom is 0.0693 e. The molecule has 0 spiro atoms. The van der Waals surface area contributed by atoms with Crippen LogP contribution in [0.2, 0.25) is 0 Å². The minimum Gasteiger partial charge on any atom is -0.383 e. The zero-order valence-corrected chi connectivity index (χ0v) is 6.74. The van der Waals surface area contributed by atoms with E-state index in [1.54, 1.807) is 7.11 Å². The molecule has 3 heteroatoms. The minimum atomic E-state index is 0.106. The Morgan fingerprint density at radius 3 is 2.78 bits per heavy atom. The summed E-state index contributed by atoms with van der Waals surface area (Å²) in [5.41, 5.74) is 0. The first-order chi connectivity index (χ1) is 4.31. The largest absolute Gasteiger partial charge is 0.383 e. The Kier molecular flexibility index (Phi) is 6.48. The molecule has 1 atom stereocenters. The fourth-order valence-corrected chi connectivity index (χ4v) is 0.776. The molecular weight excluding hydrogens is 138 g/mol. The van der Waals surface area contributed by atoms with Gasteiger partial charge in [-0.2, -0.15) is 0 Å². The molecular formula is C6H14ClNO. The highest BCUT2D eigenvalue weighted by atomic mass is 35.5. The quantitative estimate of drug-likeness (QED) is 0.589. The van der Waals surface area contributed by atoms with Crippen molar-refractivity contribution >= 4 is 11.6 Å². The van der Waals surface area contributed by atoms with Crippen LogP contribution in [0.1, 0.15) is 6.92 Å². The van der Waals surface area contributed by atoms with Gasteiger partial charge in [-0.3, -0.25) is 0 Å². The van der Waals surface area contributed by atoms with Crippen LogP contribution in [0, 0.1) is 0 Å². The predicted molar refractivity (Wildman–Crippen MR) is 40.1 cm³/mol. The molecule has 0 aromatic carbocycles. The molecule has 0 saturated heterocycles. The van der Waals surface area contributed by atoms with E-state index >= 15 is 0 Å². The van der Waals surface area contributed by atoms with Gasteiger partial charge in [0.1, 0.15) is 0 Å². The summed E-state index contributed by atoms with van der Waals surface area (Å²) in [5, 5.41) is 3.23. The predicted octanol–water partition coefficient (Wildman–Crippen LogP) is 0.850. The van der Waals surface area contributed by atoms with Crippen molar-refractivity contribution in [2.75, 3.05) is 26.8 Å². The number of rotatable bonds is 5. The molecule has 56 valence electrons. The van der Waals surface area contributed by atoms with Crippen molar-refractivity contribution in [3.8, 4) is 0 Å². The highest BCUT2D eigenvalue weighted by Gasteiger charge is 2.00. The molecule has 0 rings (SSSR count). The average molecular weight is 152 g/mol. The van der Waals surface area contributed by atoms with Crippen molar-refractivity contribution in [1.82, 2.24) is 5.32 Å². The van der Waals surface area contributed by atoms with Gasteiger partial charge < -0.3 is 10.1 Å². The Labute approximate surface area is 61.5 Å². The molecule has 0 fully saturated rings. The number of ether oxygens (including phenoxy) is 1. The lowest BCUT2D eigenvalue weighted by Gasteiger charge is -2.06. The number of methoxy groups -OCH3 is 1. The fourth-order valence-electron chi connectivity index (χ4n) is 0.541. The van der Waals surface area contributed by atoms with Gasteiger partial charge in [0.25, 0.3) is 0 Å². The summed E-state index contributed by atoms with van der Waals surface area (Å²) in [4.78, 5) is 0. The van der Waals surface area contributed by atoms with Crippen molar-refractivity contribution in [2.24, 2.45) is 0 Å². The smallest absolute Gasteiger partial charge is 0.0693 e. The molecule has 1 unspecified atom stereocenters. The third-order valence-electron chi connectivity index (χ3n) is 0.963. The van der Waals surface area contributed by atoms with Gasteiger partial charge in [-0.25, -0.2) is 0 Å². The van der Waals surface area contributed by atoms with Gasteiger partial charge in [-0.1, -0.05) is 6.92 Å². The van der Waals surface area contributed by atoms with E-state index in [9.17, 15) is 0 Å². The van der Waals surface area contributed by atoms with E-state index in [2.05, 4.69) is 12.2 Å². The van der Waals surface area contributed by atoms with Crippen LogP contribution in [0.5, 0.6) is 0 Å². The van der Waals surface area contributed by atoms with Crippen molar-refractivity contribution in [3.63, 3.8) is 0 Å². The summed E-state index contributed by atoms with van der Waals surface area (Å²) in [6.45, 7) is 4.46. The minimum absolute atomic E-state index is 0.106. The fraction of sp³-hybridized carbons (Fsp3) is 1.00. The zero-order valence-electron chi connectivity index (χ0n) is 5.98. The molecule has 0 aliphatic carbocycles. The number of hydrogen-bond acceptors (Lipinski definition) is 2. The third kappa shape index (κ3) is 6.09. The van der Waals surface area contributed by atoms with E-state index in [4.69, 9.17) is 16.3 Å². The Morgan fingerprint density at radius 2 is 2.33 bits per heavy atom. The third-order valence-corrected chi connectivity index (χ3v) is 1.24. The molecule has 2 nitrogen and oxygen atoms in total. The van der Waals surface area contributed by atoms with Crippen LogP contribution in [0.25, 0.3) is 0 Å². The monoisotopic (exact) mass is 151 g/mol. The van der Waals surface area contributed by atoms with Gasteiger partial charge in [-0.05, 0) is 6.54 Å². The summed E-state index contributed by atoms with van der Waals surface area (Å²) in [5.74, 6) is 0. The number of hydrogen-bond donors (Lipinski definition) is 1. The van der Waals surface area contributed by atoms with Crippen LogP contribution >= 0.6 is 11.6 Å². The van der Waals surface area contributed by atoms with E-state index in [-0.39, 0.29) is 5.38 Å². The van der Waals surface area contributed by atoms with Crippen LogP contribution in [-0.4, -0.2) is 32.2 Å². The SMILES string of the molecule is CCNCC(Cl)COC. The van der Waals surface area contributed by atoms with Gasteiger partial charge in [0.15, 0.2) is 0 Å². The van der Waals surface area contributed by atoms with Crippen LogP contribution < -0.4 is 5.32 Å². The lowest BCUT2D eigenvalue weighted by atomic mass is 10.4. The van der Waals surface area contributed by atoms with Crippen molar-refractivity contribution in [2.45, 2.75) is 12.3 Å². The number of nitrogens with one attached hydrogen (secondary N) is 1. The topological polar surface area (TPSA) is 21.3 Å². The van der Waals surface area contributed by atoms with Gasteiger partial charge in [-0.15, -0.1) is 11.6 Å².